The molecule has 8 atom stereocenters. The van der Waals surface area contributed by atoms with Crippen molar-refractivity contribution in [3.05, 3.63) is 107 Å². The Hall–Kier alpha value is -4.46. The van der Waals surface area contributed by atoms with E-state index < -0.39 is 0 Å². The maximum absolute atomic E-state index is 13.8. The van der Waals surface area contributed by atoms with Crippen molar-refractivity contribution in [2.24, 2.45) is 23.7 Å². The number of nitrogens with zero attached hydrogens (tertiary/aromatic N) is 2. The van der Waals surface area contributed by atoms with Crippen molar-refractivity contribution in [1.82, 2.24) is 20.4 Å². The lowest BCUT2D eigenvalue weighted by atomic mass is 9.90. The first-order valence-electron chi connectivity index (χ1n) is 19.7. The molecule has 2 heterocycles. The van der Waals surface area contributed by atoms with Gasteiger partial charge in [0.15, 0.2) is 0 Å². The summed E-state index contributed by atoms with van der Waals surface area (Å²) in [7, 11) is 0. The van der Waals surface area contributed by atoms with Crippen molar-refractivity contribution in [1.29, 1.82) is 0 Å². The maximum Gasteiger partial charge on any atom is 0.253 e. The Balaban J connectivity index is 0.953. The van der Waals surface area contributed by atoms with Crippen molar-refractivity contribution in [3.8, 4) is 0 Å². The highest BCUT2D eigenvalue weighted by atomic mass is 16.2. The van der Waals surface area contributed by atoms with E-state index in [0.717, 1.165) is 51.4 Å². The van der Waals surface area contributed by atoms with Gasteiger partial charge in [0.05, 0.1) is 11.8 Å². The molecule has 2 N–H and O–H groups in total. The zero-order valence-corrected chi connectivity index (χ0v) is 30.7. The minimum atomic E-state index is -0.224. The quantitative estimate of drug-likeness (QED) is 0.193. The molecule has 8 nitrogen and oxygen atoms in total. The number of hydrogen-bond donors (Lipinski definition) is 2. The first kappa shape index (κ1) is 35.9. The number of carbonyl (C=O) groups excluding carboxylic acids is 4. The van der Waals surface area contributed by atoms with Gasteiger partial charge in [0.1, 0.15) is 0 Å². The zero-order chi connectivity index (χ0) is 36.2. The van der Waals surface area contributed by atoms with E-state index in [9.17, 15) is 19.2 Å². The molecule has 8 heteroatoms. The maximum atomic E-state index is 13.8. The molecule has 7 rings (SSSR count). The van der Waals surface area contributed by atoms with Crippen LogP contribution < -0.4 is 10.6 Å². The third-order valence-corrected chi connectivity index (χ3v) is 12.1. The van der Waals surface area contributed by atoms with Crippen molar-refractivity contribution < 1.29 is 19.2 Å². The lowest BCUT2D eigenvalue weighted by Gasteiger charge is -2.18. The number of amides is 4. The summed E-state index contributed by atoms with van der Waals surface area (Å²) in [6.45, 7) is 6.25. The van der Waals surface area contributed by atoms with Crippen molar-refractivity contribution in [2.45, 2.75) is 89.1 Å². The molecule has 2 aliphatic carbocycles. The van der Waals surface area contributed by atoms with E-state index in [1.807, 2.05) is 46.2 Å². The Kier molecular flexibility index (Phi) is 11.1. The molecule has 52 heavy (non-hydrogen) atoms. The van der Waals surface area contributed by atoms with E-state index in [1.54, 1.807) is 24.3 Å². The van der Waals surface area contributed by atoms with Gasteiger partial charge in [0.2, 0.25) is 11.8 Å². The minimum absolute atomic E-state index is 0.0590. The molecular weight excluding hydrogens is 649 g/mol. The van der Waals surface area contributed by atoms with E-state index in [4.69, 9.17) is 0 Å². The summed E-state index contributed by atoms with van der Waals surface area (Å²) in [6.07, 6.45) is 7.88. The highest BCUT2D eigenvalue weighted by Crippen LogP contribution is 2.42. The predicted octanol–water partition coefficient (Wildman–Crippen LogP) is 6.79. The molecule has 2 saturated carbocycles. The highest BCUT2D eigenvalue weighted by Gasteiger charge is 2.46. The van der Waals surface area contributed by atoms with Gasteiger partial charge in [-0.25, -0.2) is 0 Å². The van der Waals surface area contributed by atoms with E-state index >= 15 is 0 Å². The van der Waals surface area contributed by atoms with Crippen LogP contribution in [0.4, 0.5) is 0 Å². The van der Waals surface area contributed by atoms with Crippen LogP contribution in [0.5, 0.6) is 0 Å². The van der Waals surface area contributed by atoms with Crippen molar-refractivity contribution in [2.75, 3.05) is 26.2 Å². The van der Waals surface area contributed by atoms with Crippen LogP contribution in [0.1, 0.15) is 109 Å². The second-order valence-electron chi connectivity index (χ2n) is 15.8. The number of rotatable bonds is 14. The molecule has 4 amide bonds. The van der Waals surface area contributed by atoms with Crippen LogP contribution in [0.25, 0.3) is 0 Å². The third-order valence-electron chi connectivity index (χ3n) is 12.1. The molecule has 0 bridgehead atoms. The van der Waals surface area contributed by atoms with Crippen LogP contribution in [-0.2, 0) is 9.59 Å². The molecule has 0 spiro atoms. The lowest BCUT2D eigenvalue weighted by molar-refractivity contribution is -0.126. The summed E-state index contributed by atoms with van der Waals surface area (Å²) in [6, 6.07) is 28.0. The number of nitrogens with one attached hydrogen (secondary N) is 2. The van der Waals surface area contributed by atoms with E-state index in [2.05, 4.69) is 48.7 Å². The van der Waals surface area contributed by atoms with Gasteiger partial charge < -0.3 is 20.4 Å². The molecule has 274 valence electrons. The van der Waals surface area contributed by atoms with Crippen LogP contribution in [0.2, 0.25) is 0 Å². The average Bonchev–Trinajstić information content (AvgIpc) is 4.03. The van der Waals surface area contributed by atoms with Gasteiger partial charge >= 0.3 is 0 Å². The van der Waals surface area contributed by atoms with E-state index in [0.29, 0.717) is 49.1 Å². The van der Waals surface area contributed by atoms with Crippen LogP contribution >= 0.6 is 0 Å². The summed E-state index contributed by atoms with van der Waals surface area (Å²) in [4.78, 5) is 58.3. The van der Waals surface area contributed by atoms with Gasteiger partial charge in [-0.05, 0) is 72.9 Å². The molecule has 0 aromatic heterocycles. The van der Waals surface area contributed by atoms with Gasteiger partial charge in [-0.3, -0.25) is 19.2 Å². The molecule has 3 aromatic carbocycles. The molecule has 0 radical (unpaired) electrons. The molecule has 2 aliphatic heterocycles. The number of unbranched alkanes of at least 4 members (excludes halogenated alkanes) is 2. The molecule has 4 aliphatic rings. The lowest BCUT2D eigenvalue weighted by Crippen LogP contribution is -2.37. The normalized spacial score (nSPS) is 27.7. The molecule has 3 unspecified atom stereocenters. The number of likely N-dealkylation sites (tertiary alicyclic amines) is 2. The fourth-order valence-electron chi connectivity index (χ4n) is 8.73. The standard InChI is InChI=1S/C44H54N4O4/c1-3-5-13-33-25-47(27-37(33)41(49)45-39-23-35(39)29-15-9-7-10-16-29)43(51)31-19-21-32(22-20-31)44(52)48-26-34(14-6-4-2)38(28-48)42(50)46-40-24-36(40)30-17-11-8-12-18-30/h7-12,15-22,33-40H,3-6,13-14,23-28H2,1-2H3,(H,45,49)(H,46,50)/t33?,34?,35-,36-,37-,38?,39+,40+/m1/s1. The zero-order valence-electron chi connectivity index (χ0n) is 30.7. The largest absolute Gasteiger partial charge is 0.352 e. The van der Waals surface area contributed by atoms with Gasteiger partial charge in [0, 0.05) is 61.2 Å². The van der Waals surface area contributed by atoms with Crippen LogP contribution in [0.3, 0.4) is 0 Å². The first-order chi connectivity index (χ1) is 25.3. The Labute approximate surface area is 308 Å². The molecule has 3 aromatic rings. The summed E-state index contributed by atoms with van der Waals surface area (Å²) in [5.41, 5.74) is 3.57. The Morgan fingerprint density at radius 1 is 0.558 bits per heavy atom. The Morgan fingerprint density at radius 3 is 1.31 bits per heavy atom. The van der Waals surface area contributed by atoms with Crippen LogP contribution in [-0.4, -0.2) is 71.7 Å². The minimum Gasteiger partial charge on any atom is -0.352 e. The smallest absolute Gasteiger partial charge is 0.253 e. The monoisotopic (exact) mass is 702 g/mol. The van der Waals surface area contributed by atoms with Crippen LogP contribution in [0, 0.1) is 23.7 Å². The second kappa shape index (κ2) is 16.1. The van der Waals surface area contributed by atoms with E-state index in [-0.39, 0.29) is 59.4 Å². The average molecular weight is 703 g/mol. The van der Waals surface area contributed by atoms with Gasteiger partial charge in [-0.2, -0.15) is 0 Å². The fraction of sp³-hybridized carbons (Fsp3) is 0.500. The van der Waals surface area contributed by atoms with Gasteiger partial charge in [-0.1, -0.05) is 100 Å². The Bertz CT molecular complexity index is 1590. The highest BCUT2D eigenvalue weighted by molar-refractivity contribution is 5.98. The molecular formula is C44H54N4O4. The number of benzene rings is 3. The SMILES string of the molecule is CCCCC1CN(C(=O)c2ccc(C(=O)N3CC(CCCC)[C@H](C(=O)N[C@H]4C[C@@H]4c4ccccc4)C3)cc2)CC1C(=O)N[C@H]1C[C@@H]1c1ccccc1. The first-order valence-corrected chi connectivity index (χ1v) is 19.7. The number of hydrogen-bond acceptors (Lipinski definition) is 4. The Morgan fingerprint density at radius 2 is 0.942 bits per heavy atom. The second-order valence-corrected chi connectivity index (χ2v) is 15.8. The van der Waals surface area contributed by atoms with Crippen molar-refractivity contribution >= 4 is 23.6 Å². The van der Waals surface area contributed by atoms with E-state index in [1.165, 1.54) is 11.1 Å². The molecule has 2 saturated heterocycles. The number of carbonyl (C=O) groups is 4. The molecule has 4 fully saturated rings. The fourth-order valence-corrected chi connectivity index (χ4v) is 8.73. The van der Waals surface area contributed by atoms with Gasteiger partial charge in [0.25, 0.3) is 11.8 Å². The third kappa shape index (κ3) is 8.11. The van der Waals surface area contributed by atoms with Gasteiger partial charge in [-0.15, -0.1) is 0 Å². The van der Waals surface area contributed by atoms with Crippen molar-refractivity contribution in [3.63, 3.8) is 0 Å². The summed E-state index contributed by atoms with van der Waals surface area (Å²) in [5.74, 6) is 0.449. The summed E-state index contributed by atoms with van der Waals surface area (Å²) < 4.78 is 0. The summed E-state index contributed by atoms with van der Waals surface area (Å²) >= 11 is 0. The predicted molar refractivity (Wildman–Crippen MR) is 203 cm³/mol. The topological polar surface area (TPSA) is 98.8 Å². The van der Waals surface area contributed by atoms with Crippen LogP contribution in [0.15, 0.2) is 84.9 Å². The summed E-state index contributed by atoms with van der Waals surface area (Å²) in [5, 5.41) is 6.60.